The Morgan fingerprint density at radius 3 is 0.934 bits per heavy atom. The van der Waals surface area contributed by atoms with Crippen molar-refractivity contribution in [3.63, 3.8) is 0 Å². The van der Waals surface area contributed by atoms with Crippen molar-refractivity contribution in [2.75, 3.05) is 47.5 Å². The summed E-state index contributed by atoms with van der Waals surface area (Å²) < 4.78 is 22.8. The Hall–Kier alpha value is -4.83. The molecular formula is C82H137NO8. The van der Waals surface area contributed by atoms with Crippen molar-refractivity contribution in [2.24, 2.45) is 0 Å². The minimum atomic E-state index is -1.64. The summed E-state index contributed by atoms with van der Waals surface area (Å²) in [6, 6.07) is 0. The maximum absolute atomic E-state index is 12.9. The molecule has 518 valence electrons. The Bertz CT molecular complexity index is 2010. The standard InChI is InChI=1S/C82H137NO8/c1-6-8-10-12-14-16-18-20-22-24-26-28-30-32-34-36-38-39-40-41-43-45-47-49-51-53-55-57-59-61-63-65-67-69-71-73-80(85)91-78(77-90-82(81(86)87)88-75-74-83(3,4)5)76-89-79(84)72-70-68-66-64-62-60-58-56-54-52-50-48-46-44-42-37-35-33-31-29-27-25-23-21-19-17-15-13-11-9-7-2/h8,10,14,16,19-22,25-28,32,34,38-39,41,43,47,49,53,55,59,61,78,82H,6-7,9,11-13,15,17-18,23-24,29-31,33,35-37,40,42,44-46,48,50-52,54,56-58,60,62-77H2,1-5H3/b10-8-,16-14-,21-19-,22-20-,27-25-,28-26-,34-32-,39-38-,43-41-,49-47-,55-53-,61-59-. The van der Waals surface area contributed by atoms with Gasteiger partial charge >= 0.3 is 11.9 Å². The molecule has 91 heavy (non-hydrogen) atoms. The van der Waals surface area contributed by atoms with Gasteiger partial charge in [-0.05, 0) is 122 Å². The molecule has 0 saturated heterocycles. The number of carboxylic acids is 1. The fourth-order valence-electron chi connectivity index (χ4n) is 9.95. The summed E-state index contributed by atoms with van der Waals surface area (Å²) in [6.45, 7) is 4.60. The SMILES string of the molecule is CC/C=C\C/C=C\C/C=C\C/C=C\C/C=C\C/C=C\C/C=C\C/C=C\C/C=C\C/C=C\CCCCCCC(=O)OC(COC(=O)CCCCCCCCCCCCCCCCCCCCC/C=C\C/C=C\CCCCCCC)COC(OCC[N+](C)(C)C)C(=O)[O-]. The van der Waals surface area contributed by atoms with E-state index in [0.717, 1.165) is 116 Å². The molecule has 0 rings (SSSR count). The van der Waals surface area contributed by atoms with Gasteiger partial charge in [0.25, 0.3) is 0 Å². The van der Waals surface area contributed by atoms with Crippen LogP contribution in [-0.4, -0.2) is 82.3 Å². The number of rotatable bonds is 67. The molecule has 2 unspecified atom stereocenters. The number of carbonyl (C=O) groups is 3. The van der Waals surface area contributed by atoms with Gasteiger partial charge in [-0.15, -0.1) is 0 Å². The molecule has 0 aliphatic heterocycles. The van der Waals surface area contributed by atoms with Gasteiger partial charge in [-0.1, -0.05) is 307 Å². The van der Waals surface area contributed by atoms with Crippen molar-refractivity contribution in [1.82, 2.24) is 0 Å². The van der Waals surface area contributed by atoms with E-state index in [-0.39, 0.29) is 38.6 Å². The third-order valence-corrected chi connectivity index (χ3v) is 15.6. The lowest BCUT2D eigenvalue weighted by molar-refractivity contribution is -0.870. The number of unbranched alkanes of at least 4 members (excludes halogenated alkanes) is 28. The highest BCUT2D eigenvalue weighted by Gasteiger charge is 2.22. The number of ether oxygens (including phenoxy) is 4. The minimum Gasteiger partial charge on any atom is -0.545 e. The van der Waals surface area contributed by atoms with Crippen LogP contribution in [0.3, 0.4) is 0 Å². The van der Waals surface area contributed by atoms with Crippen molar-refractivity contribution < 1.29 is 42.9 Å². The zero-order valence-corrected chi connectivity index (χ0v) is 59.2. The highest BCUT2D eigenvalue weighted by molar-refractivity contribution is 5.70. The molecule has 0 aromatic heterocycles. The number of esters is 2. The third-order valence-electron chi connectivity index (χ3n) is 15.6. The summed E-state index contributed by atoms with van der Waals surface area (Å²) >= 11 is 0. The van der Waals surface area contributed by atoms with E-state index in [1.165, 1.54) is 148 Å². The number of carbonyl (C=O) groups excluding carboxylic acids is 3. The lowest BCUT2D eigenvalue weighted by Gasteiger charge is -2.26. The lowest BCUT2D eigenvalue weighted by atomic mass is 10.0. The van der Waals surface area contributed by atoms with Crippen molar-refractivity contribution >= 4 is 17.9 Å². The second-order valence-electron chi connectivity index (χ2n) is 25.5. The molecule has 0 aromatic carbocycles. The van der Waals surface area contributed by atoms with Gasteiger partial charge in [-0.3, -0.25) is 9.59 Å². The Kier molecular flexibility index (Phi) is 67.3. The van der Waals surface area contributed by atoms with E-state index >= 15 is 0 Å². The molecule has 0 N–H and O–H groups in total. The zero-order chi connectivity index (χ0) is 66.1. The number of allylic oxidation sites excluding steroid dienone is 24. The molecule has 9 heteroatoms. The van der Waals surface area contributed by atoms with Crippen molar-refractivity contribution in [1.29, 1.82) is 0 Å². The van der Waals surface area contributed by atoms with Crippen LogP contribution in [0.15, 0.2) is 146 Å². The van der Waals surface area contributed by atoms with Crippen LogP contribution < -0.4 is 5.11 Å². The maximum Gasteiger partial charge on any atom is 0.306 e. The van der Waals surface area contributed by atoms with Crippen LogP contribution in [0.1, 0.15) is 296 Å². The first kappa shape index (κ1) is 86.2. The average molecular weight is 1260 g/mol. The first-order chi connectivity index (χ1) is 44.6. The zero-order valence-electron chi connectivity index (χ0n) is 59.2. The molecule has 2 atom stereocenters. The van der Waals surface area contributed by atoms with E-state index in [9.17, 15) is 19.5 Å². The Morgan fingerprint density at radius 2 is 0.626 bits per heavy atom. The summed E-state index contributed by atoms with van der Waals surface area (Å²) in [5, 5.41) is 11.8. The first-order valence-electron chi connectivity index (χ1n) is 37.0. The largest absolute Gasteiger partial charge is 0.545 e. The van der Waals surface area contributed by atoms with Gasteiger partial charge in [0.05, 0.1) is 40.3 Å². The molecule has 0 amide bonds. The number of quaternary nitrogens is 1. The molecular weight excluding hydrogens is 1130 g/mol. The smallest absolute Gasteiger partial charge is 0.306 e. The highest BCUT2D eigenvalue weighted by atomic mass is 16.7. The van der Waals surface area contributed by atoms with Gasteiger partial charge in [0, 0.05) is 12.8 Å². The van der Waals surface area contributed by atoms with E-state index in [4.69, 9.17) is 18.9 Å². The molecule has 0 heterocycles. The van der Waals surface area contributed by atoms with Crippen LogP contribution in [0.25, 0.3) is 0 Å². The van der Waals surface area contributed by atoms with Gasteiger partial charge in [0.1, 0.15) is 13.2 Å². The van der Waals surface area contributed by atoms with Crippen molar-refractivity contribution in [3.8, 4) is 0 Å². The fourth-order valence-corrected chi connectivity index (χ4v) is 9.95. The molecule has 0 bridgehead atoms. The Balaban J connectivity index is 4.19. The Morgan fingerprint density at radius 1 is 0.341 bits per heavy atom. The van der Waals surface area contributed by atoms with Gasteiger partial charge in [-0.25, -0.2) is 0 Å². The molecule has 9 nitrogen and oxygen atoms in total. The quantitative estimate of drug-likeness (QED) is 0.0195. The fraction of sp³-hybridized carbons (Fsp3) is 0.671. The monoisotopic (exact) mass is 1260 g/mol. The lowest BCUT2D eigenvalue weighted by Crippen LogP contribution is -2.44. The topological polar surface area (TPSA) is 111 Å². The van der Waals surface area contributed by atoms with E-state index in [2.05, 4.69) is 160 Å². The van der Waals surface area contributed by atoms with E-state index < -0.39 is 24.3 Å². The minimum absolute atomic E-state index is 0.136. The molecule has 0 fully saturated rings. The van der Waals surface area contributed by atoms with Crippen LogP contribution in [0.5, 0.6) is 0 Å². The summed E-state index contributed by atoms with van der Waals surface area (Å²) in [6.07, 6.45) is 101. The normalized spacial score (nSPS) is 13.5. The molecule has 0 radical (unpaired) electrons. The second-order valence-corrected chi connectivity index (χ2v) is 25.5. The van der Waals surface area contributed by atoms with Crippen LogP contribution in [0.4, 0.5) is 0 Å². The van der Waals surface area contributed by atoms with Crippen LogP contribution in [0, 0.1) is 0 Å². The van der Waals surface area contributed by atoms with Gasteiger partial charge in [0.15, 0.2) is 12.4 Å². The molecule has 0 aliphatic carbocycles. The summed E-state index contributed by atoms with van der Waals surface area (Å²) in [7, 11) is 5.92. The summed E-state index contributed by atoms with van der Waals surface area (Å²) in [4.78, 5) is 37.5. The molecule has 0 aromatic rings. The van der Waals surface area contributed by atoms with Crippen LogP contribution in [-0.2, 0) is 33.3 Å². The number of nitrogens with zero attached hydrogens (tertiary/aromatic N) is 1. The highest BCUT2D eigenvalue weighted by Crippen LogP contribution is 2.17. The summed E-state index contributed by atoms with van der Waals surface area (Å²) in [5.41, 5.74) is 0. The molecule has 0 aliphatic rings. The molecule has 0 saturated carbocycles. The van der Waals surface area contributed by atoms with Gasteiger partial charge < -0.3 is 33.3 Å². The van der Waals surface area contributed by atoms with Gasteiger partial charge in [-0.2, -0.15) is 0 Å². The van der Waals surface area contributed by atoms with Crippen molar-refractivity contribution in [3.05, 3.63) is 146 Å². The van der Waals surface area contributed by atoms with Crippen molar-refractivity contribution in [2.45, 2.75) is 309 Å². The number of likely N-dealkylation sites (N-methyl/N-ethyl adjacent to an activating group) is 1. The number of aliphatic carboxylic acids is 1. The van der Waals surface area contributed by atoms with Crippen LogP contribution >= 0.6 is 0 Å². The van der Waals surface area contributed by atoms with E-state index in [1.54, 1.807) is 0 Å². The number of hydrogen-bond donors (Lipinski definition) is 0. The van der Waals surface area contributed by atoms with Crippen LogP contribution in [0.2, 0.25) is 0 Å². The number of carboxylic acid groups (broad SMARTS) is 1. The second kappa shape index (κ2) is 71.0. The molecule has 0 spiro atoms. The Labute approximate surface area is 560 Å². The van der Waals surface area contributed by atoms with E-state index in [1.807, 2.05) is 21.1 Å². The summed E-state index contributed by atoms with van der Waals surface area (Å²) in [5.74, 6) is -2.32. The van der Waals surface area contributed by atoms with Gasteiger partial charge in [0.2, 0.25) is 0 Å². The maximum atomic E-state index is 12.9. The predicted octanol–water partition coefficient (Wildman–Crippen LogP) is 22.1. The third kappa shape index (κ3) is 72.5. The predicted molar refractivity (Wildman–Crippen MR) is 389 cm³/mol. The van der Waals surface area contributed by atoms with E-state index in [0.29, 0.717) is 17.4 Å². The number of hydrogen-bond acceptors (Lipinski definition) is 8. The average Bonchev–Trinajstić information content (AvgIpc) is 3.46. The first-order valence-corrected chi connectivity index (χ1v) is 37.0.